The van der Waals surface area contributed by atoms with Crippen LogP contribution >= 0.6 is 23.1 Å². The quantitative estimate of drug-likeness (QED) is 0.909. The summed E-state index contributed by atoms with van der Waals surface area (Å²) < 4.78 is 0.855. The summed E-state index contributed by atoms with van der Waals surface area (Å²) in [5, 5.41) is 10.9. The molecule has 0 saturated heterocycles. The molecular weight excluding hydrogens is 242 g/mol. The van der Waals surface area contributed by atoms with Gasteiger partial charge in [0.15, 0.2) is 4.34 Å². The van der Waals surface area contributed by atoms with Gasteiger partial charge in [0, 0.05) is 16.5 Å². The third-order valence-electron chi connectivity index (χ3n) is 1.97. The normalized spacial score (nSPS) is 10.3. The second kappa shape index (κ2) is 4.67. The predicted molar refractivity (Wildman–Crippen MR) is 64.4 cm³/mol. The van der Waals surface area contributed by atoms with E-state index in [0.717, 1.165) is 14.8 Å². The molecule has 2 aromatic rings. The van der Waals surface area contributed by atoms with E-state index in [9.17, 15) is 4.79 Å². The Kier molecular flexibility index (Phi) is 3.26. The van der Waals surface area contributed by atoms with Crippen molar-refractivity contribution in [3.8, 4) is 0 Å². The molecule has 0 unspecified atom stereocenters. The van der Waals surface area contributed by atoms with Gasteiger partial charge in [0.25, 0.3) is 0 Å². The number of nitrogens with zero attached hydrogens (tertiary/aromatic N) is 1. The monoisotopic (exact) mass is 251 g/mol. The minimum absolute atomic E-state index is 0.325. The van der Waals surface area contributed by atoms with Crippen molar-refractivity contribution < 1.29 is 9.90 Å². The molecule has 3 nitrogen and oxygen atoms in total. The zero-order chi connectivity index (χ0) is 11.5. The summed E-state index contributed by atoms with van der Waals surface area (Å²) >= 11 is 2.89. The van der Waals surface area contributed by atoms with Crippen LogP contribution in [0.25, 0.3) is 0 Å². The molecule has 0 atom stereocenters. The molecule has 0 fully saturated rings. The zero-order valence-electron chi connectivity index (χ0n) is 8.51. The van der Waals surface area contributed by atoms with Gasteiger partial charge in [-0.05, 0) is 24.6 Å². The lowest BCUT2D eigenvalue weighted by Crippen LogP contribution is -1.98. The van der Waals surface area contributed by atoms with E-state index in [0.29, 0.717) is 5.56 Å². The van der Waals surface area contributed by atoms with Crippen molar-refractivity contribution in [3.63, 3.8) is 0 Å². The summed E-state index contributed by atoms with van der Waals surface area (Å²) in [6.07, 6.45) is 1.71. The molecule has 82 valence electrons. The molecule has 0 radical (unpaired) electrons. The minimum Gasteiger partial charge on any atom is -0.478 e. The van der Waals surface area contributed by atoms with Crippen LogP contribution in [-0.4, -0.2) is 16.1 Å². The number of hydrogen-bond donors (Lipinski definition) is 1. The van der Waals surface area contributed by atoms with Crippen LogP contribution in [0, 0.1) is 6.92 Å². The lowest BCUT2D eigenvalue weighted by atomic mass is 10.1. The summed E-state index contributed by atoms with van der Waals surface area (Å²) in [4.78, 5) is 15.9. The van der Waals surface area contributed by atoms with E-state index in [-0.39, 0.29) is 0 Å². The number of benzene rings is 1. The summed E-state index contributed by atoms with van der Waals surface area (Å²) in [6.45, 7) is 1.94. The Morgan fingerprint density at radius 1 is 1.50 bits per heavy atom. The fourth-order valence-electron chi connectivity index (χ4n) is 1.25. The maximum absolute atomic E-state index is 11.0. The molecule has 0 spiro atoms. The minimum atomic E-state index is -0.904. The van der Waals surface area contributed by atoms with Gasteiger partial charge in [-0.1, -0.05) is 17.8 Å². The molecule has 0 bridgehead atoms. The smallest absolute Gasteiger partial charge is 0.336 e. The SMILES string of the molecule is Cc1ccc(C(=O)O)c(Sc2nccs2)c1. The summed E-state index contributed by atoms with van der Waals surface area (Å²) in [5.41, 5.74) is 1.37. The molecule has 0 amide bonds. The topological polar surface area (TPSA) is 50.2 Å². The molecule has 5 heteroatoms. The number of carboxylic acid groups (broad SMARTS) is 1. The summed E-state index contributed by atoms with van der Waals surface area (Å²) in [5.74, 6) is -0.904. The maximum Gasteiger partial charge on any atom is 0.336 e. The standard InChI is InChI=1S/C11H9NO2S2/c1-7-2-3-8(10(13)14)9(6-7)16-11-12-4-5-15-11/h2-6H,1H3,(H,13,14). The molecular formula is C11H9NO2S2. The second-order valence-corrected chi connectivity index (χ2v) is 5.39. The van der Waals surface area contributed by atoms with Gasteiger partial charge in [-0.25, -0.2) is 9.78 Å². The van der Waals surface area contributed by atoms with Crippen LogP contribution in [-0.2, 0) is 0 Å². The fourth-order valence-corrected chi connectivity index (χ4v) is 3.05. The van der Waals surface area contributed by atoms with Gasteiger partial charge >= 0.3 is 5.97 Å². The van der Waals surface area contributed by atoms with Crippen molar-refractivity contribution in [2.24, 2.45) is 0 Å². The van der Waals surface area contributed by atoms with Crippen molar-refractivity contribution in [2.75, 3.05) is 0 Å². The number of aromatic carboxylic acids is 1. The molecule has 1 aromatic carbocycles. The van der Waals surface area contributed by atoms with Gasteiger partial charge in [-0.15, -0.1) is 11.3 Å². The van der Waals surface area contributed by atoms with Crippen LogP contribution < -0.4 is 0 Å². The van der Waals surface area contributed by atoms with Crippen LogP contribution in [0.5, 0.6) is 0 Å². The lowest BCUT2D eigenvalue weighted by Gasteiger charge is -2.04. The molecule has 0 aliphatic carbocycles. The van der Waals surface area contributed by atoms with Crippen molar-refractivity contribution in [1.82, 2.24) is 4.98 Å². The van der Waals surface area contributed by atoms with Crippen molar-refractivity contribution >= 4 is 29.1 Å². The third-order valence-corrected chi connectivity index (χ3v) is 3.92. The first kappa shape index (κ1) is 11.2. The third kappa shape index (κ3) is 2.43. The van der Waals surface area contributed by atoms with Crippen LogP contribution in [0.4, 0.5) is 0 Å². The number of carboxylic acids is 1. The van der Waals surface area contributed by atoms with E-state index >= 15 is 0 Å². The Balaban J connectivity index is 2.38. The number of rotatable bonds is 3. The first-order valence-corrected chi connectivity index (χ1v) is 6.28. The Morgan fingerprint density at radius 2 is 2.31 bits per heavy atom. The molecule has 1 heterocycles. The number of carbonyl (C=O) groups is 1. The predicted octanol–water partition coefficient (Wildman–Crippen LogP) is 3.30. The Morgan fingerprint density at radius 3 is 2.94 bits per heavy atom. The molecule has 2 rings (SSSR count). The van der Waals surface area contributed by atoms with Crippen molar-refractivity contribution in [2.45, 2.75) is 16.2 Å². The highest BCUT2D eigenvalue weighted by Crippen LogP contribution is 2.32. The molecule has 0 aliphatic heterocycles. The van der Waals surface area contributed by atoms with E-state index in [1.807, 2.05) is 18.4 Å². The summed E-state index contributed by atoms with van der Waals surface area (Å²) in [6, 6.07) is 5.30. The second-order valence-electron chi connectivity index (χ2n) is 3.20. The number of thiazole rings is 1. The number of aryl methyl sites for hydroxylation is 1. The summed E-state index contributed by atoms with van der Waals surface area (Å²) in [7, 11) is 0. The average Bonchev–Trinajstić information content (AvgIpc) is 2.70. The molecule has 1 aromatic heterocycles. The van der Waals surface area contributed by atoms with Gasteiger partial charge in [-0.3, -0.25) is 0 Å². The Bertz CT molecular complexity index is 509. The van der Waals surface area contributed by atoms with E-state index in [1.54, 1.807) is 18.3 Å². The fraction of sp³-hybridized carbons (Fsp3) is 0.0909. The van der Waals surface area contributed by atoms with E-state index in [4.69, 9.17) is 5.11 Å². The highest BCUT2D eigenvalue weighted by Gasteiger charge is 2.12. The van der Waals surface area contributed by atoms with Crippen molar-refractivity contribution in [1.29, 1.82) is 0 Å². The molecule has 1 N–H and O–H groups in total. The Labute approximate surface area is 101 Å². The van der Waals surface area contributed by atoms with E-state index < -0.39 is 5.97 Å². The zero-order valence-corrected chi connectivity index (χ0v) is 10.1. The average molecular weight is 251 g/mol. The number of hydrogen-bond acceptors (Lipinski definition) is 4. The first-order chi connectivity index (χ1) is 7.66. The first-order valence-electron chi connectivity index (χ1n) is 4.58. The van der Waals surface area contributed by atoms with Crippen molar-refractivity contribution in [3.05, 3.63) is 40.9 Å². The molecule has 0 aliphatic rings. The van der Waals surface area contributed by atoms with E-state index in [1.165, 1.54) is 23.1 Å². The molecule has 16 heavy (non-hydrogen) atoms. The highest BCUT2D eigenvalue weighted by atomic mass is 32.2. The van der Waals surface area contributed by atoms with Gasteiger partial charge in [0.2, 0.25) is 0 Å². The maximum atomic E-state index is 11.0. The van der Waals surface area contributed by atoms with Gasteiger partial charge in [0.05, 0.1) is 5.56 Å². The lowest BCUT2D eigenvalue weighted by molar-refractivity contribution is 0.0693. The van der Waals surface area contributed by atoms with Crippen LogP contribution in [0.3, 0.4) is 0 Å². The number of aromatic nitrogens is 1. The van der Waals surface area contributed by atoms with Crippen LogP contribution in [0.1, 0.15) is 15.9 Å². The largest absolute Gasteiger partial charge is 0.478 e. The van der Waals surface area contributed by atoms with Gasteiger partial charge in [-0.2, -0.15) is 0 Å². The Hall–Kier alpha value is -1.33. The van der Waals surface area contributed by atoms with E-state index in [2.05, 4.69) is 4.98 Å². The van der Waals surface area contributed by atoms with Gasteiger partial charge in [0.1, 0.15) is 0 Å². The van der Waals surface area contributed by atoms with Gasteiger partial charge < -0.3 is 5.11 Å². The highest BCUT2D eigenvalue weighted by molar-refractivity contribution is 8.01. The molecule has 0 saturated carbocycles. The van der Waals surface area contributed by atoms with Crippen LogP contribution in [0.15, 0.2) is 39.0 Å². The van der Waals surface area contributed by atoms with Crippen LogP contribution in [0.2, 0.25) is 0 Å².